The lowest BCUT2D eigenvalue weighted by molar-refractivity contribution is 0.00578. The van der Waals surface area contributed by atoms with Crippen molar-refractivity contribution in [2.75, 3.05) is 13.2 Å². The third-order valence-electron chi connectivity index (χ3n) is 4.36. The van der Waals surface area contributed by atoms with Crippen LogP contribution in [0.25, 0.3) is 0 Å². The second kappa shape index (κ2) is 7.62. The first-order valence-corrected chi connectivity index (χ1v) is 7.89. The van der Waals surface area contributed by atoms with E-state index in [1.807, 2.05) is 6.08 Å². The molecular formula is C17H31BO3. The molecular weight excluding hydrogens is 263 g/mol. The topological polar surface area (TPSA) is 27.7 Å². The number of rotatable bonds is 8. The van der Waals surface area contributed by atoms with E-state index in [1.54, 1.807) is 0 Å². The summed E-state index contributed by atoms with van der Waals surface area (Å²) >= 11 is 0. The first kappa shape index (κ1) is 18.5. The molecule has 1 heterocycles. The second-order valence-corrected chi connectivity index (χ2v) is 7.02. The molecule has 120 valence electrons. The molecule has 1 aliphatic heterocycles. The summed E-state index contributed by atoms with van der Waals surface area (Å²) in [6.45, 7) is 17.9. The van der Waals surface area contributed by atoms with E-state index < -0.39 is 0 Å². The van der Waals surface area contributed by atoms with E-state index in [4.69, 9.17) is 14.0 Å². The number of allylic oxidation sites excluding steroid dienone is 2. The largest absolute Gasteiger partial charge is 0.465 e. The van der Waals surface area contributed by atoms with Gasteiger partial charge in [0.15, 0.2) is 0 Å². The van der Waals surface area contributed by atoms with E-state index in [9.17, 15) is 0 Å². The molecule has 0 saturated carbocycles. The quantitative estimate of drug-likeness (QED) is 0.377. The Kier molecular flexibility index (Phi) is 6.70. The van der Waals surface area contributed by atoms with Crippen molar-refractivity contribution in [2.24, 2.45) is 0 Å². The lowest BCUT2D eigenvalue weighted by atomic mass is 9.69. The molecule has 0 aromatic carbocycles. The number of hydrogen-bond acceptors (Lipinski definition) is 3. The van der Waals surface area contributed by atoms with Gasteiger partial charge < -0.3 is 14.0 Å². The highest BCUT2D eigenvalue weighted by Crippen LogP contribution is 2.41. The second-order valence-electron chi connectivity index (χ2n) is 7.02. The van der Waals surface area contributed by atoms with Crippen LogP contribution >= 0.6 is 0 Å². The molecule has 21 heavy (non-hydrogen) atoms. The van der Waals surface area contributed by atoms with Crippen molar-refractivity contribution in [3.63, 3.8) is 0 Å². The molecule has 1 fully saturated rings. The van der Waals surface area contributed by atoms with Crippen molar-refractivity contribution in [2.45, 2.75) is 71.4 Å². The van der Waals surface area contributed by atoms with Crippen molar-refractivity contribution in [1.29, 1.82) is 0 Å². The summed E-state index contributed by atoms with van der Waals surface area (Å²) in [5, 5.41) is 0. The van der Waals surface area contributed by atoms with Crippen LogP contribution in [-0.4, -0.2) is 31.5 Å². The summed E-state index contributed by atoms with van der Waals surface area (Å²) in [6, 6.07) is 0. The summed E-state index contributed by atoms with van der Waals surface area (Å²) in [5.74, 6) is 0.207. The molecule has 0 spiro atoms. The fraction of sp³-hybridized carbons (Fsp3) is 0.765. The standard InChI is InChI=1S/C17H31BO3/c1-8-15(10-9-12-19-13-11-14(2)3)18-20-16(4,5)17(6,7)21-18/h8,11,15H,1,9-10,12-13H2,2-7H3/t15-/m1/s1. The Morgan fingerprint density at radius 1 is 1.19 bits per heavy atom. The Morgan fingerprint density at radius 2 is 1.76 bits per heavy atom. The van der Waals surface area contributed by atoms with E-state index in [0.717, 1.165) is 19.4 Å². The van der Waals surface area contributed by atoms with E-state index in [0.29, 0.717) is 6.61 Å². The zero-order valence-electron chi connectivity index (χ0n) is 14.6. The van der Waals surface area contributed by atoms with Crippen LogP contribution in [0.5, 0.6) is 0 Å². The van der Waals surface area contributed by atoms with Gasteiger partial charge in [0.05, 0.1) is 17.8 Å². The minimum Gasteiger partial charge on any atom is -0.403 e. The van der Waals surface area contributed by atoms with Gasteiger partial charge in [-0.1, -0.05) is 17.7 Å². The first-order chi connectivity index (χ1) is 9.69. The molecule has 0 amide bonds. The third-order valence-corrected chi connectivity index (χ3v) is 4.36. The minimum absolute atomic E-state index is 0.203. The predicted octanol–water partition coefficient (Wildman–Crippen LogP) is 4.40. The predicted molar refractivity (Wildman–Crippen MR) is 89.5 cm³/mol. The van der Waals surface area contributed by atoms with Crippen LogP contribution in [-0.2, 0) is 14.0 Å². The van der Waals surface area contributed by atoms with Crippen molar-refractivity contribution in [3.05, 3.63) is 24.3 Å². The van der Waals surface area contributed by atoms with Gasteiger partial charge >= 0.3 is 7.12 Å². The van der Waals surface area contributed by atoms with Crippen LogP contribution in [0.1, 0.15) is 54.4 Å². The maximum atomic E-state index is 6.08. The molecule has 0 aromatic rings. The fourth-order valence-corrected chi connectivity index (χ4v) is 2.16. The van der Waals surface area contributed by atoms with Gasteiger partial charge in [0.1, 0.15) is 0 Å². The monoisotopic (exact) mass is 294 g/mol. The van der Waals surface area contributed by atoms with Gasteiger partial charge in [0, 0.05) is 12.4 Å². The van der Waals surface area contributed by atoms with Crippen molar-refractivity contribution < 1.29 is 14.0 Å². The zero-order chi connectivity index (χ0) is 16.1. The van der Waals surface area contributed by atoms with Crippen LogP contribution in [0.4, 0.5) is 0 Å². The van der Waals surface area contributed by atoms with Gasteiger partial charge in [-0.2, -0.15) is 0 Å². The van der Waals surface area contributed by atoms with Gasteiger partial charge in [-0.15, -0.1) is 6.58 Å². The van der Waals surface area contributed by atoms with Gasteiger partial charge in [0.25, 0.3) is 0 Å². The molecule has 1 saturated heterocycles. The zero-order valence-corrected chi connectivity index (χ0v) is 14.6. The molecule has 0 unspecified atom stereocenters. The van der Waals surface area contributed by atoms with Crippen molar-refractivity contribution in [1.82, 2.24) is 0 Å². The summed E-state index contributed by atoms with van der Waals surface area (Å²) in [4.78, 5) is 0. The van der Waals surface area contributed by atoms with Crippen LogP contribution < -0.4 is 0 Å². The molecule has 0 aromatic heterocycles. The van der Waals surface area contributed by atoms with Gasteiger partial charge in [0.2, 0.25) is 0 Å². The SMILES string of the molecule is C=C[C@H](CCCOCC=C(C)C)B1OC(C)(C)C(C)(C)O1. The summed E-state index contributed by atoms with van der Waals surface area (Å²) < 4.78 is 17.8. The Balaban J connectivity index is 2.36. The Labute approximate surface area is 130 Å². The number of ether oxygens (including phenoxy) is 1. The highest BCUT2D eigenvalue weighted by molar-refractivity contribution is 6.48. The van der Waals surface area contributed by atoms with Crippen molar-refractivity contribution >= 4 is 7.12 Å². The lowest BCUT2D eigenvalue weighted by Crippen LogP contribution is -2.41. The summed E-state index contributed by atoms with van der Waals surface area (Å²) in [7, 11) is -0.203. The highest BCUT2D eigenvalue weighted by Gasteiger charge is 2.52. The van der Waals surface area contributed by atoms with Gasteiger partial charge in [-0.05, 0) is 54.4 Å². The summed E-state index contributed by atoms with van der Waals surface area (Å²) in [6.07, 6.45) is 5.99. The average molecular weight is 294 g/mol. The third kappa shape index (κ3) is 5.28. The highest BCUT2D eigenvalue weighted by atomic mass is 16.7. The van der Waals surface area contributed by atoms with Gasteiger partial charge in [-0.25, -0.2) is 0 Å². The van der Waals surface area contributed by atoms with E-state index in [-0.39, 0.29) is 24.1 Å². The molecule has 0 aliphatic carbocycles. The minimum atomic E-state index is -0.279. The normalized spacial score (nSPS) is 21.1. The molecule has 4 heteroatoms. The average Bonchev–Trinajstić information content (AvgIpc) is 2.57. The smallest absolute Gasteiger partial charge is 0.403 e. The molecule has 1 aliphatic rings. The fourth-order valence-electron chi connectivity index (χ4n) is 2.16. The van der Waals surface area contributed by atoms with Crippen LogP contribution in [0.15, 0.2) is 24.3 Å². The molecule has 0 N–H and O–H groups in total. The summed E-state index contributed by atoms with van der Waals surface area (Å²) in [5.41, 5.74) is 0.730. The molecule has 1 atom stereocenters. The lowest BCUT2D eigenvalue weighted by Gasteiger charge is -2.32. The van der Waals surface area contributed by atoms with Gasteiger partial charge in [-0.3, -0.25) is 0 Å². The van der Waals surface area contributed by atoms with E-state index in [1.165, 1.54) is 5.57 Å². The van der Waals surface area contributed by atoms with E-state index >= 15 is 0 Å². The Hall–Kier alpha value is -0.575. The molecule has 0 bridgehead atoms. The Morgan fingerprint density at radius 3 is 2.24 bits per heavy atom. The number of hydrogen-bond donors (Lipinski definition) is 0. The van der Waals surface area contributed by atoms with Crippen LogP contribution in [0.3, 0.4) is 0 Å². The van der Waals surface area contributed by atoms with Crippen LogP contribution in [0, 0.1) is 0 Å². The molecule has 3 nitrogen and oxygen atoms in total. The molecule has 1 rings (SSSR count). The molecule has 0 radical (unpaired) electrons. The van der Waals surface area contributed by atoms with Crippen molar-refractivity contribution in [3.8, 4) is 0 Å². The van der Waals surface area contributed by atoms with E-state index in [2.05, 4.69) is 54.2 Å². The first-order valence-electron chi connectivity index (χ1n) is 7.89. The maximum absolute atomic E-state index is 6.08. The Bertz CT molecular complexity index is 354. The van der Waals surface area contributed by atoms with Crippen LogP contribution in [0.2, 0.25) is 5.82 Å². The maximum Gasteiger partial charge on any atom is 0.465 e.